The summed E-state index contributed by atoms with van der Waals surface area (Å²) < 4.78 is 99.7. The maximum Gasteiger partial charge on any atom is 0.217 e. The van der Waals surface area contributed by atoms with E-state index in [0.717, 1.165) is 0 Å². The minimum atomic E-state index is -0.713. The van der Waals surface area contributed by atoms with E-state index in [1.54, 1.807) is 150 Å². The molecule has 0 aliphatic carbocycles. The predicted molar refractivity (Wildman–Crippen MR) is 382 cm³/mol. The number of carbonyl (C=O) groups is 5. The van der Waals surface area contributed by atoms with Crippen LogP contribution in [0.1, 0.15) is 63.1 Å². The van der Waals surface area contributed by atoms with Crippen LogP contribution in [0.4, 0.5) is 26.3 Å². The van der Waals surface area contributed by atoms with Gasteiger partial charge in [-0.1, -0.05) is 26.1 Å². The van der Waals surface area contributed by atoms with Gasteiger partial charge in [-0.3, -0.25) is 24.0 Å². The molecule has 0 aliphatic heterocycles. The van der Waals surface area contributed by atoms with E-state index < -0.39 is 29.1 Å². The highest BCUT2D eigenvalue weighted by atomic mass is 19.2. The van der Waals surface area contributed by atoms with Gasteiger partial charge in [-0.2, -0.15) is 10.2 Å². The first-order valence-electron chi connectivity index (χ1n) is 33.2. The number of nitrogens with one attached hydrogen (secondary N) is 5. The second kappa shape index (κ2) is 36.2. The van der Waals surface area contributed by atoms with Crippen molar-refractivity contribution < 1.29 is 50.3 Å². The summed E-state index contributed by atoms with van der Waals surface area (Å²) in [6.45, 7) is 8.41. The molecule has 111 heavy (non-hydrogen) atoms. The van der Waals surface area contributed by atoms with Crippen LogP contribution in [-0.2, 0) is 56.7 Å². The molecule has 5 amide bonds. The number of aromatic nitrogens is 24. The number of amides is 5. The molecule has 0 aliphatic rings. The Balaban J connectivity index is 0.000000137. The van der Waals surface area contributed by atoms with Gasteiger partial charge in [-0.15, -0.1) is 25.5 Å². The minimum Gasteiger partial charge on any atom is -0.351 e. The van der Waals surface area contributed by atoms with Gasteiger partial charge in [0.1, 0.15) is 69.8 Å². The second-order valence-corrected chi connectivity index (χ2v) is 23.6. The zero-order valence-electron chi connectivity index (χ0n) is 59.3. The lowest BCUT2D eigenvalue weighted by Gasteiger charge is -2.08. The van der Waals surface area contributed by atoms with Crippen molar-refractivity contribution >= 4 is 29.5 Å². The van der Waals surface area contributed by atoms with E-state index in [-0.39, 0.29) is 72.9 Å². The zero-order valence-corrected chi connectivity index (χ0v) is 59.3. The highest BCUT2D eigenvalue weighted by Crippen LogP contribution is 2.24. The molecule has 0 fully saturated rings. The number of benzene rings is 5. The maximum absolute atomic E-state index is 14.2. The fourth-order valence-corrected chi connectivity index (χ4v) is 10.0. The molecule has 0 radical (unpaired) electrons. The number of hydrogen-bond donors (Lipinski definition) is 5. The van der Waals surface area contributed by atoms with Crippen molar-refractivity contribution in [1.82, 2.24) is 145 Å². The maximum atomic E-state index is 14.2. The van der Waals surface area contributed by atoms with Crippen LogP contribution in [0.5, 0.6) is 0 Å². The van der Waals surface area contributed by atoms with Gasteiger partial charge >= 0.3 is 0 Å². The molecule has 0 saturated carbocycles. The van der Waals surface area contributed by atoms with Crippen molar-refractivity contribution in [2.45, 2.75) is 67.3 Å². The van der Waals surface area contributed by atoms with E-state index >= 15 is 0 Å². The summed E-state index contributed by atoms with van der Waals surface area (Å²) in [6, 6.07) is 30.0. The number of imidazole rings is 1. The van der Waals surface area contributed by atoms with Crippen LogP contribution < -0.4 is 26.6 Å². The largest absolute Gasteiger partial charge is 0.351 e. The summed E-state index contributed by atoms with van der Waals surface area (Å²) in [5.74, 6) is -3.84. The number of halogens is 6. The summed E-state index contributed by atoms with van der Waals surface area (Å²) in [5.41, 5.74) is 6.57. The van der Waals surface area contributed by atoms with Crippen LogP contribution in [0.25, 0.3) is 56.9 Å². The Kier molecular flexibility index (Phi) is 25.1. The van der Waals surface area contributed by atoms with Crippen LogP contribution >= 0.6 is 0 Å². The Bertz CT molecular complexity index is 5050. The molecule has 34 nitrogen and oxygen atoms in total. The van der Waals surface area contributed by atoms with Crippen LogP contribution in [0, 0.1) is 34.9 Å². The molecule has 5 aromatic carbocycles. The van der Waals surface area contributed by atoms with Crippen molar-refractivity contribution in [1.29, 1.82) is 0 Å². The number of nitrogens with zero attached hydrogens (tertiary/aromatic N) is 24. The van der Waals surface area contributed by atoms with Crippen molar-refractivity contribution in [2.24, 2.45) is 0 Å². The summed E-state index contributed by atoms with van der Waals surface area (Å²) >= 11 is 0. The van der Waals surface area contributed by atoms with Gasteiger partial charge in [0.2, 0.25) is 29.5 Å². The first-order chi connectivity index (χ1) is 53.6. The second-order valence-electron chi connectivity index (χ2n) is 23.6. The summed E-state index contributed by atoms with van der Waals surface area (Å²) in [5, 5.41) is 60.0. The Morgan fingerprint density at radius 2 is 0.649 bits per heavy atom. The van der Waals surface area contributed by atoms with Gasteiger partial charge in [0, 0.05) is 121 Å². The number of carbonyl (C=O) groups excluding carboxylic acids is 5. The zero-order chi connectivity index (χ0) is 78.5. The molecular weight excluding hydrogens is 1450 g/mol. The molecule has 10 heterocycles. The molecule has 5 N–H and O–H groups in total. The van der Waals surface area contributed by atoms with E-state index in [4.69, 9.17) is 0 Å². The molecule has 566 valence electrons. The summed E-state index contributed by atoms with van der Waals surface area (Å²) in [6.07, 6.45) is 25.5. The van der Waals surface area contributed by atoms with Gasteiger partial charge in [0.05, 0.1) is 110 Å². The number of rotatable bonds is 20. The van der Waals surface area contributed by atoms with Crippen LogP contribution in [0.2, 0.25) is 0 Å². The lowest BCUT2D eigenvalue weighted by molar-refractivity contribution is -0.120. The molecule has 40 heteroatoms. The van der Waals surface area contributed by atoms with Gasteiger partial charge < -0.3 is 40.3 Å². The molecule has 0 unspecified atom stereocenters. The molecule has 0 atom stereocenters. The molecule has 0 spiro atoms. The third-order valence-corrected chi connectivity index (χ3v) is 15.3. The van der Waals surface area contributed by atoms with E-state index in [2.05, 4.69) is 98.3 Å². The van der Waals surface area contributed by atoms with Gasteiger partial charge in [-0.05, 0) is 78.9 Å². The van der Waals surface area contributed by atoms with E-state index in [0.29, 0.717) is 80.5 Å². The fraction of sp³-hybridized carbons (Fsp3) is 0.141. The minimum absolute atomic E-state index is 0.142. The molecule has 0 bridgehead atoms. The first-order valence-corrected chi connectivity index (χ1v) is 33.2. The summed E-state index contributed by atoms with van der Waals surface area (Å²) in [7, 11) is 0. The molecule has 0 saturated heterocycles. The summed E-state index contributed by atoms with van der Waals surface area (Å²) in [4.78, 5) is 62.0. The van der Waals surface area contributed by atoms with Crippen molar-refractivity contribution in [2.75, 3.05) is 0 Å². The Hall–Kier alpha value is -15.2. The third kappa shape index (κ3) is 20.9. The van der Waals surface area contributed by atoms with Crippen LogP contribution in [0.15, 0.2) is 215 Å². The average molecular weight is 1520 g/mol. The fourth-order valence-electron chi connectivity index (χ4n) is 10.0. The normalized spacial score (nSPS) is 10.7. The highest BCUT2D eigenvalue weighted by Gasteiger charge is 2.18. The third-order valence-electron chi connectivity index (χ3n) is 15.3. The van der Waals surface area contributed by atoms with Crippen LogP contribution in [0.3, 0.4) is 0 Å². The highest BCUT2D eigenvalue weighted by molar-refractivity contribution is 5.74. The standard InChI is InChI=1S/C15H13F2N5O.C15H14FN5O.2C14H13FN6O.C13H12FN7O/c1-10(23)18-8-11-9-22(20-19-11)12-6-13(16)15(14(17)7-12)21-4-2-3-5-21;1-11(22)17-9-12-10-21(19-18-12)13-4-5-15(14(16)8-13)20-6-2-3-7-20;1-10(22)16-8-11-9-21(19-18-11)12-3-4-14(13(15)7-12)20-6-2-5-17-20;1-10(22)17-7-11-8-21(19-18-11)12-2-3-14(13(15)6-12)20-5-4-16-9-20;1-9(22)16-5-10-6-20(19-18-10)11-2-3-13(12(14)4-11)21-8-15-7-17-21/h2-7,9H,8H2,1H3,(H,18,23);2-8,10H,9H2,1H3,(H,17,22);2-7,9H,8H2,1H3,(H,16,22);2-6,8-9H,7H2,1H3,(H,17,22);2-4,6-8H,5H2,1H3,(H,16,22). The molecule has 15 rings (SSSR count). The van der Waals surface area contributed by atoms with E-state index in [1.165, 1.54) is 134 Å². The SMILES string of the molecule is CC(=O)NCc1cn(-c2cc(F)c(-n3cccc3)c(F)c2)nn1.CC(=O)NCc1cn(-c2ccc(-n3cccc3)c(F)c2)nn1.CC(=O)NCc1cn(-c2ccc(-n3cccn3)c(F)c2)nn1.CC(=O)NCc1cn(-c2ccc(-n3ccnc3)c(F)c2)nn1.CC(=O)NCc1cn(-c2ccc(-n3cncn3)c(F)c2)nn1. The van der Waals surface area contributed by atoms with Crippen molar-refractivity contribution in [3.05, 3.63) is 278 Å². The van der Waals surface area contributed by atoms with Gasteiger partial charge in [-0.25, -0.2) is 69.1 Å². The van der Waals surface area contributed by atoms with E-state index in [9.17, 15) is 50.3 Å². The van der Waals surface area contributed by atoms with Crippen molar-refractivity contribution in [3.63, 3.8) is 0 Å². The average Bonchev–Trinajstić information content (AvgIpc) is 1.82. The quantitative estimate of drug-likeness (QED) is 0.0485. The van der Waals surface area contributed by atoms with Crippen molar-refractivity contribution in [3.8, 4) is 56.9 Å². The molecular formula is C71H65F6N29O5. The molecule has 10 aromatic heterocycles. The lowest BCUT2D eigenvalue weighted by atomic mass is 10.2. The van der Waals surface area contributed by atoms with Crippen LogP contribution in [-0.4, -0.2) is 148 Å². The number of hydrogen-bond acceptors (Lipinski definition) is 19. The Labute approximate surface area is 624 Å². The first kappa shape index (κ1) is 77.0. The predicted octanol–water partition coefficient (Wildman–Crippen LogP) is 6.89. The van der Waals surface area contributed by atoms with Gasteiger partial charge in [0.15, 0.2) is 23.3 Å². The Morgan fingerprint density at radius 3 is 0.964 bits per heavy atom. The lowest BCUT2D eigenvalue weighted by Crippen LogP contribution is -2.19. The molecule has 15 aromatic rings. The monoisotopic (exact) mass is 1520 g/mol. The Morgan fingerprint density at radius 1 is 0.315 bits per heavy atom. The topological polar surface area (TPSA) is 375 Å². The smallest absolute Gasteiger partial charge is 0.217 e. The van der Waals surface area contributed by atoms with E-state index in [1.807, 2.05) is 12.1 Å². The van der Waals surface area contributed by atoms with Gasteiger partial charge in [0.25, 0.3) is 0 Å².